The zero-order chi connectivity index (χ0) is 10.2. The second kappa shape index (κ2) is 3.50. The summed E-state index contributed by atoms with van der Waals surface area (Å²) in [5.41, 5.74) is 7.22. The minimum atomic E-state index is 0.251. The first kappa shape index (κ1) is 9.90. The summed E-state index contributed by atoms with van der Waals surface area (Å²) in [6.45, 7) is 2.30. The van der Waals surface area contributed by atoms with Crippen molar-refractivity contribution >= 4 is 17.6 Å². The molecule has 1 aliphatic rings. The number of anilines is 1. The standard InChI is InChI=1S/C10H17N3S/c1-10(3-5-14-6-4-10)8-7-9(11)13(2)12-8/h7H,3-6,11H2,1-2H3. The Morgan fingerprint density at radius 1 is 1.50 bits per heavy atom. The number of rotatable bonds is 1. The average Bonchev–Trinajstić information content (AvgIpc) is 2.49. The summed E-state index contributed by atoms with van der Waals surface area (Å²) in [7, 11) is 1.90. The fraction of sp³-hybridized carbons (Fsp3) is 0.700. The lowest BCUT2D eigenvalue weighted by Crippen LogP contribution is -2.27. The molecule has 1 aromatic heterocycles. The fourth-order valence-electron chi connectivity index (χ4n) is 1.85. The summed E-state index contributed by atoms with van der Waals surface area (Å²) in [4.78, 5) is 0. The molecule has 2 rings (SSSR count). The molecular weight excluding hydrogens is 194 g/mol. The molecule has 14 heavy (non-hydrogen) atoms. The second-order valence-corrected chi connectivity index (χ2v) is 5.48. The normalized spacial score (nSPS) is 21.0. The summed E-state index contributed by atoms with van der Waals surface area (Å²) in [6, 6.07) is 2.02. The Morgan fingerprint density at radius 3 is 2.64 bits per heavy atom. The van der Waals surface area contributed by atoms with Gasteiger partial charge in [0.1, 0.15) is 5.82 Å². The molecule has 0 amide bonds. The average molecular weight is 211 g/mol. The van der Waals surface area contributed by atoms with Crippen molar-refractivity contribution < 1.29 is 0 Å². The Balaban J connectivity index is 2.28. The number of hydrogen-bond acceptors (Lipinski definition) is 3. The molecule has 0 atom stereocenters. The Bertz CT molecular complexity index is 307. The predicted octanol–water partition coefficient (Wildman–Crippen LogP) is 1.79. The van der Waals surface area contributed by atoms with Gasteiger partial charge in [-0.15, -0.1) is 0 Å². The van der Waals surface area contributed by atoms with Gasteiger partial charge in [0.25, 0.3) is 0 Å². The molecule has 0 spiro atoms. The van der Waals surface area contributed by atoms with E-state index in [9.17, 15) is 0 Å². The minimum absolute atomic E-state index is 0.251. The van der Waals surface area contributed by atoms with Gasteiger partial charge in [-0.1, -0.05) is 6.92 Å². The molecule has 78 valence electrons. The van der Waals surface area contributed by atoms with Gasteiger partial charge in [0, 0.05) is 18.5 Å². The molecule has 1 aromatic rings. The van der Waals surface area contributed by atoms with Crippen LogP contribution in [0.5, 0.6) is 0 Å². The zero-order valence-electron chi connectivity index (χ0n) is 8.79. The first-order valence-corrected chi connectivity index (χ1v) is 6.15. The highest BCUT2D eigenvalue weighted by Crippen LogP contribution is 2.37. The van der Waals surface area contributed by atoms with E-state index in [-0.39, 0.29) is 5.41 Å². The van der Waals surface area contributed by atoms with Gasteiger partial charge in [-0.05, 0) is 24.3 Å². The minimum Gasteiger partial charge on any atom is -0.384 e. The topological polar surface area (TPSA) is 43.8 Å². The van der Waals surface area contributed by atoms with Crippen molar-refractivity contribution in [1.82, 2.24) is 9.78 Å². The van der Waals surface area contributed by atoms with E-state index in [1.54, 1.807) is 4.68 Å². The van der Waals surface area contributed by atoms with Gasteiger partial charge >= 0.3 is 0 Å². The zero-order valence-corrected chi connectivity index (χ0v) is 9.60. The molecule has 1 aliphatic heterocycles. The quantitative estimate of drug-likeness (QED) is 0.770. The van der Waals surface area contributed by atoms with Gasteiger partial charge in [0.05, 0.1) is 5.69 Å². The number of aromatic nitrogens is 2. The fourth-order valence-corrected chi connectivity index (χ4v) is 3.25. The molecule has 4 heteroatoms. The first-order valence-electron chi connectivity index (χ1n) is 4.99. The number of aryl methyl sites for hydroxylation is 1. The number of thioether (sulfide) groups is 1. The van der Waals surface area contributed by atoms with Crippen molar-refractivity contribution in [1.29, 1.82) is 0 Å². The van der Waals surface area contributed by atoms with Crippen molar-refractivity contribution in [2.75, 3.05) is 17.2 Å². The summed E-state index contributed by atoms with van der Waals surface area (Å²) in [6.07, 6.45) is 2.43. The van der Waals surface area contributed by atoms with Crippen LogP contribution in [0.3, 0.4) is 0 Å². The van der Waals surface area contributed by atoms with E-state index >= 15 is 0 Å². The van der Waals surface area contributed by atoms with Crippen LogP contribution in [-0.2, 0) is 12.5 Å². The van der Waals surface area contributed by atoms with Crippen molar-refractivity contribution in [2.24, 2.45) is 7.05 Å². The first-order chi connectivity index (χ1) is 6.62. The number of nitrogens with two attached hydrogens (primary N) is 1. The molecule has 0 bridgehead atoms. The highest BCUT2D eigenvalue weighted by Gasteiger charge is 2.31. The van der Waals surface area contributed by atoms with Crippen LogP contribution in [0.25, 0.3) is 0 Å². The summed E-state index contributed by atoms with van der Waals surface area (Å²) < 4.78 is 1.77. The van der Waals surface area contributed by atoms with Gasteiger partial charge in [0.2, 0.25) is 0 Å². The third-order valence-electron chi connectivity index (χ3n) is 3.13. The smallest absolute Gasteiger partial charge is 0.121 e. The molecule has 2 N–H and O–H groups in total. The summed E-state index contributed by atoms with van der Waals surface area (Å²) in [5, 5.41) is 4.49. The van der Waals surface area contributed by atoms with E-state index < -0.39 is 0 Å². The Morgan fingerprint density at radius 2 is 2.14 bits per heavy atom. The van der Waals surface area contributed by atoms with E-state index in [2.05, 4.69) is 12.0 Å². The van der Waals surface area contributed by atoms with Gasteiger partial charge in [-0.3, -0.25) is 4.68 Å². The number of nitrogen functional groups attached to an aromatic ring is 1. The monoisotopic (exact) mass is 211 g/mol. The van der Waals surface area contributed by atoms with E-state index in [0.717, 1.165) is 11.5 Å². The maximum atomic E-state index is 5.80. The van der Waals surface area contributed by atoms with Crippen molar-refractivity contribution in [3.05, 3.63) is 11.8 Å². The Labute approximate surface area is 89.1 Å². The predicted molar refractivity (Wildman–Crippen MR) is 61.5 cm³/mol. The van der Waals surface area contributed by atoms with Crippen LogP contribution < -0.4 is 5.73 Å². The largest absolute Gasteiger partial charge is 0.384 e. The molecule has 0 aromatic carbocycles. The lowest BCUT2D eigenvalue weighted by molar-refractivity contribution is 0.419. The van der Waals surface area contributed by atoms with Crippen LogP contribution in [0.4, 0.5) is 5.82 Å². The van der Waals surface area contributed by atoms with E-state index in [1.807, 2.05) is 24.9 Å². The molecule has 1 fully saturated rings. The maximum absolute atomic E-state index is 5.80. The number of nitrogens with zero attached hydrogens (tertiary/aromatic N) is 2. The van der Waals surface area contributed by atoms with Crippen LogP contribution in [0, 0.1) is 0 Å². The molecular formula is C10H17N3S. The molecule has 0 saturated carbocycles. The van der Waals surface area contributed by atoms with Gasteiger partial charge in [-0.2, -0.15) is 16.9 Å². The highest BCUT2D eigenvalue weighted by atomic mass is 32.2. The van der Waals surface area contributed by atoms with Crippen molar-refractivity contribution in [2.45, 2.75) is 25.2 Å². The lowest BCUT2D eigenvalue weighted by Gasteiger charge is -2.31. The van der Waals surface area contributed by atoms with Gasteiger partial charge in [-0.25, -0.2) is 0 Å². The van der Waals surface area contributed by atoms with Crippen molar-refractivity contribution in [3.8, 4) is 0 Å². The van der Waals surface area contributed by atoms with Gasteiger partial charge in [0.15, 0.2) is 0 Å². The van der Waals surface area contributed by atoms with Crippen LogP contribution in [-0.4, -0.2) is 21.3 Å². The lowest BCUT2D eigenvalue weighted by atomic mass is 9.81. The second-order valence-electron chi connectivity index (χ2n) is 4.25. The van der Waals surface area contributed by atoms with E-state index in [1.165, 1.54) is 24.3 Å². The SMILES string of the molecule is Cn1nc(C2(C)CCSCC2)cc1N. The van der Waals surface area contributed by atoms with Crippen LogP contribution in [0.2, 0.25) is 0 Å². The maximum Gasteiger partial charge on any atom is 0.121 e. The third kappa shape index (κ3) is 1.63. The molecule has 0 aliphatic carbocycles. The molecule has 2 heterocycles. The van der Waals surface area contributed by atoms with E-state index in [0.29, 0.717) is 0 Å². The van der Waals surface area contributed by atoms with E-state index in [4.69, 9.17) is 5.73 Å². The van der Waals surface area contributed by atoms with Gasteiger partial charge < -0.3 is 5.73 Å². The Kier molecular flexibility index (Phi) is 2.47. The molecule has 3 nitrogen and oxygen atoms in total. The van der Waals surface area contributed by atoms with Crippen molar-refractivity contribution in [3.63, 3.8) is 0 Å². The molecule has 0 radical (unpaired) electrons. The van der Waals surface area contributed by atoms with Crippen LogP contribution >= 0.6 is 11.8 Å². The van der Waals surface area contributed by atoms with Crippen LogP contribution in [0.15, 0.2) is 6.07 Å². The number of hydrogen-bond donors (Lipinski definition) is 1. The molecule has 0 unspecified atom stereocenters. The summed E-state index contributed by atoms with van der Waals surface area (Å²) >= 11 is 2.04. The highest BCUT2D eigenvalue weighted by molar-refractivity contribution is 7.99. The molecule has 1 saturated heterocycles. The summed E-state index contributed by atoms with van der Waals surface area (Å²) in [5.74, 6) is 3.25. The third-order valence-corrected chi connectivity index (χ3v) is 4.12. The Hall–Kier alpha value is -0.640. The van der Waals surface area contributed by atoms with Crippen LogP contribution in [0.1, 0.15) is 25.5 Å².